The van der Waals surface area contributed by atoms with Crippen molar-refractivity contribution in [1.29, 1.82) is 0 Å². The Morgan fingerprint density at radius 2 is 1.62 bits per heavy atom. The predicted octanol–water partition coefficient (Wildman–Crippen LogP) is 5.85. The van der Waals surface area contributed by atoms with Crippen LogP contribution in [-0.4, -0.2) is 14.9 Å². The van der Waals surface area contributed by atoms with Crippen molar-refractivity contribution in [3.63, 3.8) is 0 Å². The third kappa shape index (κ3) is 4.68. The first kappa shape index (κ1) is 21.5. The van der Waals surface area contributed by atoms with Crippen molar-refractivity contribution >= 4 is 56.4 Å². The highest BCUT2D eigenvalue weighted by molar-refractivity contribution is 9.10. The van der Waals surface area contributed by atoms with Gasteiger partial charge in [-0.25, -0.2) is 22.0 Å². The second-order valence-electron chi connectivity index (χ2n) is 5.65. The van der Waals surface area contributed by atoms with Crippen molar-refractivity contribution in [2.45, 2.75) is 6.54 Å². The van der Waals surface area contributed by atoms with E-state index in [1.54, 1.807) is 18.2 Å². The van der Waals surface area contributed by atoms with Gasteiger partial charge < -0.3 is 10.6 Å². The average Bonchev–Trinajstić information content (AvgIpc) is 3.11. The molecule has 0 saturated heterocycles. The summed E-state index contributed by atoms with van der Waals surface area (Å²) in [6.45, 7) is -0.674. The number of hydrogen-bond acceptors (Lipinski definition) is 2. The summed E-state index contributed by atoms with van der Waals surface area (Å²) in [6.07, 6.45) is 1.29. The summed E-state index contributed by atoms with van der Waals surface area (Å²) < 4.78 is 69.1. The molecule has 2 N–H and O–H groups in total. The van der Waals surface area contributed by atoms with E-state index in [0.29, 0.717) is 10.7 Å². The van der Waals surface area contributed by atoms with Crippen LogP contribution in [0.3, 0.4) is 0 Å². The number of nitrogens with one attached hydrogen (secondary N) is 2. The monoisotopic (exact) mass is 510 g/mol. The minimum atomic E-state index is -2.21. The van der Waals surface area contributed by atoms with Crippen molar-refractivity contribution in [3.05, 3.63) is 74.6 Å². The molecule has 29 heavy (non-hydrogen) atoms. The normalized spacial score (nSPS) is 10.9. The highest BCUT2D eigenvalue weighted by Gasteiger charge is 2.25. The van der Waals surface area contributed by atoms with Crippen LogP contribution >= 0.6 is 39.7 Å². The van der Waals surface area contributed by atoms with Gasteiger partial charge in [-0.05, 0) is 30.4 Å². The Balaban J connectivity index is 1.72. The Morgan fingerprint density at radius 3 is 2.24 bits per heavy atom. The molecular formula is C17H9BrClF5N4S. The fraction of sp³-hybridized carbons (Fsp3) is 0.0588. The van der Waals surface area contributed by atoms with Gasteiger partial charge in [-0.15, -0.1) is 0 Å². The van der Waals surface area contributed by atoms with Crippen LogP contribution in [0.25, 0.3) is 0 Å². The van der Waals surface area contributed by atoms with Crippen LogP contribution in [0.4, 0.5) is 33.5 Å². The van der Waals surface area contributed by atoms with Crippen LogP contribution in [-0.2, 0) is 6.54 Å². The van der Waals surface area contributed by atoms with Crippen molar-refractivity contribution in [1.82, 2.24) is 9.78 Å². The molecule has 0 aliphatic rings. The lowest BCUT2D eigenvalue weighted by molar-refractivity contribution is 0.367. The van der Waals surface area contributed by atoms with E-state index in [9.17, 15) is 22.0 Å². The zero-order valence-corrected chi connectivity index (χ0v) is 17.2. The third-order valence-electron chi connectivity index (χ3n) is 3.68. The first-order chi connectivity index (χ1) is 13.7. The molecule has 0 saturated carbocycles. The number of thiocarbonyl (C=S) groups is 1. The fourth-order valence-electron chi connectivity index (χ4n) is 2.33. The highest BCUT2D eigenvalue weighted by Crippen LogP contribution is 2.26. The molecule has 0 radical (unpaired) electrons. The minimum Gasteiger partial charge on any atom is -0.331 e. The number of anilines is 2. The van der Waals surface area contributed by atoms with Gasteiger partial charge >= 0.3 is 0 Å². The van der Waals surface area contributed by atoms with E-state index >= 15 is 0 Å². The molecule has 1 heterocycles. The molecule has 0 fully saturated rings. The van der Waals surface area contributed by atoms with Gasteiger partial charge in [0, 0.05) is 16.7 Å². The Labute approximate surface area is 179 Å². The Bertz CT molecular complexity index is 1080. The molecule has 1 aromatic heterocycles. The summed E-state index contributed by atoms with van der Waals surface area (Å²) in [4.78, 5) is 0. The van der Waals surface area contributed by atoms with Gasteiger partial charge in [0.25, 0.3) is 0 Å². The van der Waals surface area contributed by atoms with Gasteiger partial charge in [-0.1, -0.05) is 27.5 Å². The number of aromatic nitrogens is 2. The number of nitrogens with zero attached hydrogens (tertiary/aromatic N) is 2. The van der Waals surface area contributed by atoms with E-state index in [1.165, 1.54) is 12.3 Å². The molecule has 0 spiro atoms. The molecule has 3 aromatic rings. The molecule has 0 atom stereocenters. The van der Waals surface area contributed by atoms with Crippen LogP contribution in [0.1, 0.15) is 5.56 Å². The first-order valence-electron chi connectivity index (χ1n) is 7.74. The van der Waals surface area contributed by atoms with Gasteiger partial charge in [0.2, 0.25) is 5.82 Å². The second-order valence-corrected chi connectivity index (χ2v) is 7.38. The molecule has 0 unspecified atom stereocenters. The maximum atomic E-state index is 13.8. The molecule has 0 aliphatic heterocycles. The quantitative estimate of drug-likeness (QED) is 0.200. The standard InChI is InChI=1S/C17H9BrClF5N4S/c18-7-1-2-10(9(19)5-7)25-17(29)26-11-3-4-28(27-11)6-8-12(20)14(22)16(24)15(23)13(8)21/h1-5H,6H2,(H2,25,26,27,29). The minimum absolute atomic E-state index is 0.121. The number of benzene rings is 2. The third-order valence-corrected chi connectivity index (χ3v) is 4.69. The zero-order chi connectivity index (χ0) is 21.3. The summed E-state index contributed by atoms with van der Waals surface area (Å²) in [5, 5.41) is 10.0. The maximum Gasteiger partial charge on any atom is 0.200 e. The molecule has 0 amide bonds. The van der Waals surface area contributed by atoms with E-state index in [0.717, 1.165) is 9.15 Å². The number of hydrogen-bond donors (Lipinski definition) is 2. The second kappa shape index (κ2) is 8.64. The molecule has 2 aromatic carbocycles. The summed E-state index contributed by atoms with van der Waals surface area (Å²) in [5.41, 5.74) is -0.480. The highest BCUT2D eigenvalue weighted by atomic mass is 79.9. The first-order valence-corrected chi connectivity index (χ1v) is 9.32. The van der Waals surface area contributed by atoms with Crippen LogP contribution in [0.2, 0.25) is 5.02 Å². The van der Waals surface area contributed by atoms with Crippen LogP contribution in [0.15, 0.2) is 34.9 Å². The van der Waals surface area contributed by atoms with E-state index in [-0.39, 0.29) is 10.9 Å². The van der Waals surface area contributed by atoms with E-state index in [4.69, 9.17) is 23.8 Å². The zero-order valence-electron chi connectivity index (χ0n) is 14.0. The van der Waals surface area contributed by atoms with Crippen molar-refractivity contribution < 1.29 is 22.0 Å². The van der Waals surface area contributed by atoms with Gasteiger partial charge in [0.05, 0.1) is 22.8 Å². The van der Waals surface area contributed by atoms with Crippen molar-refractivity contribution in [2.75, 3.05) is 10.6 Å². The van der Waals surface area contributed by atoms with Gasteiger partial charge in [-0.2, -0.15) is 5.10 Å². The predicted molar refractivity (Wildman–Crippen MR) is 107 cm³/mol. The smallest absolute Gasteiger partial charge is 0.200 e. The maximum absolute atomic E-state index is 13.8. The summed E-state index contributed by atoms with van der Waals surface area (Å²) in [7, 11) is 0. The number of halogens is 7. The molecule has 152 valence electrons. The summed E-state index contributed by atoms with van der Waals surface area (Å²) in [6, 6.07) is 6.49. The van der Waals surface area contributed by atoms with E-state index < -0.39 is 41.2 Å². The van der Waals surface area contributed by atoms with E-state index in [2.05, 4.69) is 31.7 Å². The Hall–Kier alpha value is -2.24. The van der Waals surface area contributed by atoms with E-state index in [1.807, 2.05) is 0 Å². The van der Waals surface area contributed by atoms with Crippen LogP contribution in [0.5, 0.6) is 0 Å². The fourth-order valence-corrected chi connectivity index (χ4v) is 3.26. The van der Waals surface area contributed by atoms with Crippen LogP contribution in [0, 0.1) is 29.1 Å². The molecule has 4 nitrogen and oxygen atoms in total. The van der Waals surface area contributed by atoms with Gasteiger partial charge in [-0.3, -0.25) is 4.68 Å². The molecule has 0 aliphatic carbocycles. The summed E-state index contributed by atoms with van der Waals surface area (Å²) >= 11 is 14.5. The molecule has 0 bridgehead atoms. The average molecular weight is 512 g/mol. The molecule has 12 heteroatoms. The van der Waals surface area contributed by atoms with Gasteiger partial charge in [0.15, 0.2) is 34.2 Å². The number of rotatable bonds is 4. The molecule has 3 rings (SSSR count). The lowest BCUT2D eigenvalue weighted by atomic mass is 10.1. The largest absolute Gasteiger partial charge is 0.331 e. The topological polar surface area (TPSA) is 41.9 Å². The van der Waals surface area contributed by atoms with Crippen LogP contribution < -0.4 is 10.6 Å². The summed E-state index contributed by atoms with van der Waals surface area (Å²) in [5.74, 6) is -9.88. The Kier molecular flexibility index (Phi) is 6.39. The lowest BCUT2D eigenvalue weighted by Crippen LogP contribution is -2.20. The Morgan fingerprint density at radius 1 is 1.00 bits per heavy atom. The van der Waals surface area contributed by atoms with Gasteiger partial charge in [0.1, 0.15) is 0 Å². The van der Waals surface area contributed by atoms with Crippen molar-refractivity contribution in [2.24, 2.45) is 0 Å². The van der Waals surface area contributed by atoms with Crippen molar-refractivity contribution in [3.8, 4) is 0 Å². The molecular weight excluding hydrogens is 503 g/mol. The SMILES string of the molecule is Fc1c(F)c(F)c(Cn2ccc(NC(=S)Nc3ccc(Br)cc3Cl)n2)c(F)c1F. The lowest BCUT2D eigenvalue weighted by Gasteiger charge is -2.10.